The van der Waals surface area contributed by atoms with Crippen LogP contribution in [0.3, 0.4) is 0 Å². The van der Waals surface area contributed by atoms with Crippen molar-refractivity contribution in [2.45, 2.75) is 30.3 Å². The van der Waals surface area contributed by atoms with Gasteiger partial charge in [0, 0.05) is 10.6 Å². The molecule has 1 atom stereocenters. The number of rotatable bonds is 6. The molecule has 3 rings (SSSR count). The molecule has 0 bridgehead atoms. The van der Waals surface area contributed by atoms with Crippen LogP contribution in [-0.4, -0.2) is 25.2 Å². The Morgan fingerprint density at radius 1 is 1.19 bits per heavy atom. The highest BCUT2D eigenvalue weighted by Crippen LogP contribution is 2.38. The normalized spacial score (nSPS) is 12.9. The van der Waals surface area contributed by atoms with E-state index in [1.54, 1.807) is 28.9 Å². The van der Waals surface area contributed by atoms with Gasteiger partial charge in [0.1, 0.15) is 5.52 Å². The van der Waals surface area contributed by atoms with Crippen LogP contribution in [0.15, 0.2) is 48.5 Å². The van der Waals surface area contributed by atoms with Crippen molar-refractivity contribution in [2.24, 2.45) is 0 Å². The molecule has 136 valence electrons. The fourth-order valence-electron chi connectivity index (χ4n) is 2.70. The Hall–Kier alpha value is -1.82. The molecule has 0 aliphatic rings. The zero-order valence-corrected chi connectivity index (χ0v) is 16.3. The molecule has 0 radical (unpaired) electrons. The standard InChI is InChI=1S/C18H17Cl3N4O/c1-2-11-18(20,21)17(22-16(26)12-7-9-13(19)10-8-12)25-15-6-4-3-5-14(15)23-24-25/h3-10,17H,2,11H2,1H3,(H,22,26). The minimum Gasteiger partial charge on any atom is -0.328 e. The van der Waals surface area contributed by atoms with Crippen molar-refractivity contribution in [2.75, 3.05) is 0 Å². The average molecular weight is 412 g/mol. The molecule has 0 fully saturated rings. The van der Waals surface area contributed by atoms with Crippen molar-refractivity contribution in [3.8, 4) is 0 Å². The molecule has 1 unspecified atom stereocenters. The summed E-state index contributed by atoms with van der Waals surface area (Å²) in [4.78, 5) is 12.7. The van der Waals surface area contributed by atoms with Crippen LogP contribution in [0.5, 0.6) is 0 Å². The molecular weight excluding hydrogens is 395 g/mol. The van der Waals surface area contributed by atoms with Crippen LogP contribution in [-0.2, 0) is 0 Å². The molecular formula is C18H17Cl3N4O. The predicted octanol–water partition coefficient (Wildman–Crippen LogP) is 4.99. The Bertz CT molecular complexity index is 908. The van der Waals surface area contributed by atoms with Crippen molar-refractivity contribution in [3.63, 3.8) is 0 Å². The number of halogens is 3. The Morgan fingerprint density at radius 2 is 1.88 bits per heavy atom. The molecule has 0 spiro atoms. The monoisotopic (exact) mass is 410 g/mol. The van der Waals surface area contributed by atoms with E-state index in [9.17, 15) is 4.79 Å². The minimum absolute atomic E-state index is 0.326. The molecule has 8 heteroatoms. The quantitative estimate of drug-likeness (QED) is 0.581. The smallest absolute Gasteiger partial charge is 0.253 e. The number of nitrogens with one attached hydrogen (secondary N) is 1. The summed E-state index contributed by atoms with van der Waals surface area (Å²) in [7, 11) is 0. The zero-order chi connectivity index (χ0) is 18.7. The lowest BCUT2D eigenvalue weighted by Gasteiger charge is -2.30. The maximum Gasteiger partial charge on any atom is 0.253 e. The molecule has 1 N–H and O–H groups in total. The van der Waals surface area contributed by atoms with Crippen molar-refractivity contribution in [3.05, 3.63) is 59.1 Å². The Morgan fingerprint density at radius 3 is 2.58 bits per heavy atom. The van der Waals surface area contributed by atoms with E-state index in [4.69, 9.17) is 34.8 Å². The summed E-state index contributed by atoms with van der Waals surface area (Å²) < 4.78 is 0.298. The lowest BCUT2D eigenvalue weighted by molar-refractivity contribution is 0.0908. The SMILES string of the molecule is CCCC(Cl)(Cl)C(NC(=O)c1ccc(Cl)cc1)n1nnc2ccccc21. The second kappa shape index (κ2) is 7.82. The second-order valence-corrected chi connectivity index (χ2v) is 7.90. The van der Waals surface area contributed by atoms with E-state index in [1.807, 2.05) is 31.2 Å². The van der Waals surface area contributed by atoms with E-state index in [1.165, 1.54) is 0 Å². The highest BCUT2D eigenvalue weighted by Gasteiger charge is 2.38. The van der Waals surface area contributed by atoms with Gasteiger partial charge < -0.3 is 5.32 Å². The van der Waals surface area contributed by atoms with Crippen LogP contribution in [0, 0.1) is 0 Å². The lowest BCUT2D eigenvalue weighted by atomic mass is 10.1. The summed E-state index contributed by atoms with van der Waals surface area (Å²) in [6.45, 7) is 1.97. The highest BCUT2D eigenvalue weighted by atomic mass is 35.5. The molecule has 0 aliphatic carbocycles. The summed E-state index contributed by atoms with van der Waals surface area (Å²) in [5.41, 5.74) is 1.87. The largest absolute Gasteiger partial charge is 0.328 e. The molecule has 2 aromatic carbocycles. The zero-order valence-electron chi connectivity index (χ0n) is 14.0. The molecule has 1 amide bonds. The van der Waals surface area contributed by atoms with E-state index in [0.29, 0.717) is 22.5 Å². The first-order valence-electron chi connectivity index (χ1n) is 8.16. The topological polar surface area (TPSA) is 59.8 Å². The summed E-state index contributed by atoms with van der Waals surface area (Å²) in [6, 6.07) is 14.0. The van der Waals surface area contributed by atoms with Crippen LogP contribution >= 0.6 is 34.8 Å². The number of para-hydroxylation sites is 1. The number of nitrogens with zero attached hydrogens (tertiary/aromatic N) is 3. The number of fused-ring (bicyclic) bond motifs is 1. The summed E-state index contributed by atoms with van der Waals surface area (Å²) in [5, 5.41) is 11.7. The maximum atomic E-state index is 12.7. The van der Waals surface area contributed by atoms with Gasteiger partial charge in [-0.15, -0.1) is 5.10 Å². The highest BCUT2D eigenvalue weighted by molar-refractivity contribution is 6.48. The Labute approximate surface area is 166 Å². The van der Waals surface area contributed by atoms with E-state index < -0.39 is 10.5 Å². The number of alkyl halides is 2. The third-order valence-corrected chi connectivity index (χ3v) is 5.02. The van der Waals surface area contributed by atoms with Gasteiger partial charge in [-0.2, -0.15) is 0 Å². The lowest BCUT2D eigenvalue weighted by Crippen LogP contribution is -2.43. The fourth-order valence-corrected chi connectivity index (χ4v) is 3.50. The predicted molar refractivity (Wildman–Crippen MR) is 105 cm³/mol. The van der Waals surface area contributed by atoms with Gasteiger partial charge in [0.05, 0.1) is 5.52 Å². The van der Waals surface area contributed by atoms with Gasteiger partial charge >= 0.3 is 0 Å². The maximum absolute atomic E-state index is 12.7. The van der Waals surface area contributed by atoms with Gasteiger partial charge in [-0.1, -0.05) is 65.5 Å². The minimum atomic E-state index is -1.26. The Kier molecular flexibility index (Phi) is 5.70. The van der Waals surface area contributed by atoms with Gasteiger partial charge in [-0.05, 0) is 42.8 Å². The van der Waals surface area contributed by atoms with E-state index in [0.717, 1.165) is 11.9 Å². The molecule has 0 saturated carbocycles. The van der Waals surface area contributed by atoms with Gasteiger partial charge in [-0.3, -0.25) is 4.79 Å². The van der Waals surface area contributed by atoms with Crippen molar-refractivity contribution in [1.82, 2.24) is 20.3 Å². The first kappa shape index (κ1) is 19.0. The molecule has 1 aromatic heterocycles. The molecule has 0 aliphatic heterocycles. The summed E-state index contributed by atoms with van der Waals surface area (Å²) >= 11 is 19.1. The number of aromatic nitrogens is 3. The van der Waals surface area contributed by atoms with E-state index in [-0.39, 0.29) is 5.91 Å². The molecule has 26 heavy (non-hydrogen) atoms. The van der Waals surface area contributed by atoms with E-state index >= 15 is 0 Å². The van der Waals surface area contributed by atoms with Gasteiger partial charge in [-0.25, -0.2) is 4.68 Å². The van der Waals surface area contributed by atoms with Gasteiger partial charge in [0.15, 0.2) is 10.5 Å². The van der Waals surface area contributed by atoms with Gasteiger partial charge in [0.2, 0.25) is 0 Å². The molecule has 5 nitrogen and oxygen atoms in total. The number of carbonyl (C=O) groups excluding carboxylic acids is 1. The summed E-state index contributed by atoms with van der Waals surface area (Å²) in [5.74, 6) is -0.326. The van der Waals surface area contributed by atoms with Crippen molar-refractivity contribution in [1.29, 1.82) is 0 Å². The number of carbonyl (C=O) groups is 1. The third kappa shape index (κ3) is 3.95. The first-order valence-corrected chi connectivity index (χ1v) is 9.30. The fraction of sp³-hybridized carbons (Fsp3) is 0.278. The third-order valence-electron chi connectivity index (χ3n) is 3.98. The van der Waals surface area contributed by atoms with E-state index in [2.05, 4.69) is 15.6 Å². The molecule has 3 aromatic rings. The molecule has 1 heterocycles. The number of amides is 1. The van der Waals surface area contributed by atoms with Crippen LogP contribution in [0.4, 0.5) is 0 Å². The summed E-state index contributed by atoms with van der Waals surface area (Å²) in [6.07, 6.45) is 0.421. The molecule has 0 saturated heterocycles. The van der Waals surface area contributed by atoms with Crippen LogP contribution in [0.2, 0.25) is 5.02 Å². The van der Waals surface area contributed by atoms with Crippen LogP contribution < -0.4 is 5.32 Å². The van der Waals surface area contributed by atoms with Crippen LogP contribution in [0.25, 0.3) is 11.0 Å². The number of hydrogen-bond donors (Lipinski definition) is 1. The van der Waals surface area contributed by atoms with Gasteiger partial charge in [0.25, 0.3) is 5.91 Å². The Balaban J connectivity index is 1.98. The first-order chi connectivity index (χ1) is 12.4. The second-order valence-electron chi connectivity index (χ2n) is 5.92. The van der Waals surface area contributed by atoms with Crippen molar-refractivity contribution < 1.29 is 4.79 Å². The average Bonchev–Trinajstić information content (AvgIpc) is 3.03. The van der Waals surface area contributed by atoms with Crippen molar-refractivity contribution >= 4 is 51.7 Å². The number of hydrogen-bond acceptors (Lipinski definition) is 3. The van der Waals surface area contributed by atoms with Crippen LogP contribution in [0.1, 0.15) is 36.3 Å². The number of benzene rings is 2.